The Bertz CT molecular complexity index is 3690. The van der Waals surface area contributed by atoms with Crippen molar-refractivity contribution in [3.05, 3.63) is 228 Å². The quantitative estimate of drug-likeness (QED) is 0.150. The zero-order chi connectivity index (χ0) is 45.7. The van der Waals surface area contributed by atoms with Gasteiger partial charge in [0.15, 0.2) is 17.5 Å². The molecule has 10 aromatic rings. The molecule has 0 radical (unpaired) electrons. The molecule has 4 nitrogen and oxygen atoms in total. The summed E-state index contributed by atoms with van der Waals surface area (Å²) >= 11 is 0. The Morgan fingerprint density at radius 3 is 1.68 bits per heavy atom. The van der Waals surface area contributed by atoms with Crippen molar-refractivity contribution < 1.29 is 0 Å². The lowest BCUT2D eigenvalue weighted by molar-refractivity contribution is -0.0581. The van der Waals surface area contributed by atoms with Crippen molar-refractivity contribution in [1.82, 2.24) is 19.5 Å². The number of aromatic nitrogens is 4. The van der Waals surface area contributed by atoms with Gasteiger partial charge in [0.1, 0.15) is 0 Å². The predicted molar refractivity (Wildman–Crippen MR) is 278 cm³/mol. The smallest absolute Gasteiger partial charge is 0.164 e. The molecule has 1 saturated carbocycles. The fourth-order valence-corrected chi connectivity index (χ4v) is 14.0. The molecule has 326 valence electrons. The molecule has 0 saturated heterocycles. The minimum atomic E-state index is -0.145. The van der Waals surface area contributed by atoms with Crippen LogP contribution in [0.25, 0.3) is 83.9 Å². The Labute approximate surface area is 397 Å². The van der Waals surface area contributed by atoms with Crippen molar-refractivity contribution in [3.63, 3.8) is 0 Å². The molecule has 68 heavy (non-hydrogen) atoms. The summed E-state index contributed by atoms with van der Waals surface area (Å²) < 4.78 is 2.45. The number of benzene rings is 8. The van der Waals surface area contributed by atoms with Gasteiger partial charge in [0.05, 0.1) is 11.0 Å². The molecule has 0 aliphatic heterocycles. The van der Waals surface area contributed by atoms with Gasteiger partial charge in [-0.15, -0.1) is 0 Å². The number of allylic oxidation sites excluding steroid dienone is 2. The SMILES string of the molecule is CC1C2=C3C(C(C)C31c1ccccc1)C2(C)c1ccc(-c2ccc3c(c2)c2cc4c(cc2n3-c2cccc(-c3nc(-c5ccccc5)nc(-c5ccccc5)n3)c2)C(C)(C)c2ccccc2-4)cc1. The van der Waals surface area contributed by atoms with Crippen LogP contribution in [0.3, 0.4) is 0 Å². The second-order valence-corrected chi connectivity index (χ2v) is 20.6. The van der Waals surface area contributed by atoms with Crippen LogP contribution < -0.4 is 0 Å². The van der Waals surface area contributed by atoms with Gasteiger partial charge in [0.2, 0.25) is 0 Å². The van der Waals surface area contributed by atoms with Gasteiger partial charge in [0.25, 0.3) is 0 Å². The van der Waals surface area contributed by atoms with Gasteiger partial charge >= 0.3 is 0 Å². The molecule has 1 fully saturated rings. The Morgan fingerprint density at radius 1 is 0.426 bits per heavy atom. The van der Waals surface area contributed by atoms with Crippen LogP contribution in [0.5, 0.6) is 0 Å². The van der Waals surface area contributed by atoms with Crippen LogP contribution in [-0.2, 0) is 16.2 Å². The lowest BCUT2D eigenvalue weighted by atomic mass is 9.21. The van der Waals surface area contributed by atoms with Crippen LogP contribution in [-0.4, -0.2) is 19.5 Å². The molecule has 4 aliphatic carbocycles. The third-order valence-electron chi connectivity index (χ3n) is 17.2. The number of fused-ring (bicyclic) bond motifs is 6. The van der Waals surface area contributed by atoms with Crippen molar-refractivity contribution in [2.45, 2.75) is 50.9 Å². The number of hydrogen-bond donors (Lipinski definition) is 0. The molecule has 2 aromatic heterocycles. The highest BCUT2D eigenvalue weighted by Gasteiger charge is 2.80. The summed E-state index contributed by atoms with van der Waals surface area (Å²) in [7, 11) is 0. The second kappa shape index (κ2) is 13.9. The zero-order valence-electron chi connectivity index (χ0n) is 39.0. The molecule has 0 bridgehead atoms. The maximum atomic E-state index is 5.12. The summed E-state index contributed by atoms with van der Waals surface area (Å²) in [4.78, 5) is 15.2. The number of hydrogen-bond acceptors (Lipinski definition) is 3. The lowest BCUT2D eigenvalue weighted by Gasteiger charge is -2.81. The predicted octanol–water partition coefficient (Wildman–Crippen LogP) is 15.4. The van der Waals surface area contributed by atoms with Crippen LogP contribution in [0, 0.1) is 17.8 Å². The molecular weight excluding hydrogens is 825 g/mol. The third kappa shape index (κ3) is 5.07. The monoisotopic (exact) mass is 874 g/mol. The van der Waals surface area contributed by atoms with Gasteiger partial charge in [-0.2, -0.15) is 0 Å². The zero-order valence-corrected chi connectivity index (χ0v) is 39.0. The van der Waals surface area contributed by atoms with Gasteiger partial charge in [-0.25, -0.2) is 15.0 Å². The van der Waals surface area contributed by atoms with E-state index in [1.165, 1.54) is 66.3 Å². The normalized spacial score (nSPS) is 22.5. The highest BCUT2D eigenvalue weighted by atomic mass is 15.0. The van der Waals surface area contributed by atoms with Gasteiger partial charge in [0, 0.05) is 49.4 Å². The van der Waals surface area contributed by atoms with Crippen LogP contribution >= 0.6 is 0 Å². The molecule has 5 atom stereocenters. The second-order valence-electron chi connectivity index (χ2n) is 20.6. The molecule has 8 aromatic carbocycles. The van der Waals surface area contributed by atoms with Gasteiger partial charge in [-0.05, 0) is 98.7 Å². The van der Waals surface area contributed by atoms with Crippen molar-refractivity contribution in [3.8, 4) is 62.1 Å². The maximum absolute atomic E-state index is 5.12. The van der Waals surface area contributed by atoms with Crippen molar-refractivity contribution in [2.75, 3.05) is 0 Å². The molecule has 2 heterocycles. The first-order valence-corrected chi connectivity index (χ1v) is 24.3. The lowest BCUT2D eigenvalue weighted by Crippen LogP contribution is -2.78. The summed E-state index contributed by atoms with van der Waals surface area (Å²) in [5.41, 5.74) is 20.7. The molecule has 4 aliphatic rings. The summed E-state index contributed by atoms with van der Waals surface area (Å²) in [6.07, 6.45) is 0. The molecule has 0 amide bonds. The Balaban J connectivity index is 0.900. The molecule has 14 rings (SSSR count). The first-order valence-electron chi connectivity index (χ1n) is 24.3. The molecule has 0 spiro atoms. The molecular formula is C64H50N4. The van der Waals surface area contributed by atoms with Gasteiger partial charge in [-0.3, -0.25) is 0 Å². The van der Waals surface area contributed by atoms with Gasteiger partial charge in [-0.1, -0.05) is 203 Å². The minimum Gasteiger partial charge on any atom is -0.309 e. The average molecular weight is 875 g/mol. The van der Waals surface area contributed by atoms with Crippen LogP contribution in [0.2, 0.25) is 0 Å². The summed E-state index contributed by atoms with van der Waals surface area (Å²) in [5, 5.41) is 2.48. The van der Waals surface area contributed by atoms with E-state index in [-0.39, 0.29) is 16.2 Å². The van der Waals surface area contributed by atoms with E-state index in [2.05, 4.69) is 197 Å². The standard InChI is InChI=1S/C64H50N4/c1-38-56-58-57(39(2)64(38,58)46-23-13-8-14-24-46)63(56,5)45-31-28-40(29-32-45)43-30-33-54-50(35-43)51-36-49-48-26-15-16-27-52(48)62(3,4)53(49)37-55(51)68(54)47-25-17-22-44(34-47)61-66-59(41-18-9-6-10-19-41)65-60(67-61)42-20-11-7-12-21-42/h6-39,56H,1-5H3. The Hall–Kier alpha value is -7.69. The summed E-state index contributed by atoms with van der Waals surface area (Å²) in [5.74, 6) is 3.73. The van der Waals surface area contributed by atoms with Crippen molar-refractivity contribution in [2.24, 2.45) is 17.8 Å². The summed E-state index contributed by atoms with van der Waals surface area (Å²) in [6.45, 7) is 12.2. The van der Waals surface area contributed by atoms with Crippen LogP contribution in [0.4, 0.5) is 0 Å². The van der Waals surface area contributed by atoms with Crippen LogP contribution in [0.1, 0.15) is 56.9 Å². The van der Waals surface area contributed by atoms with Crippen LogP contribution in [0.15, 0.2) is 205 Å². The fourth-order valence-electron chi connectivity index (χ4n) is 14.0. The van der Waals surface area contributed by atoms with E-state index in [0.717, 1.165) is 22.4 Å². The van der Waals surface area contributed by atoms with Crippen molar-refractivity contribution >= 4 is 21.8 Å². The Morgan fingerprint density at radius 2 is 1.01 bits per heavy atom. The largest absolute Gasteiger partial charge is 0.309 e. The Kier molecular flexibility index (Phi) is 8.09. The van der Waals surface area contributed by atoms with E-state index in [0.29, 0.717) is 35.2 Å². The van der Waals surface area contributed by atoms with E-state index >= 15 is 0 Å². The van der Waals surface area contributed by atoms with E-state index in [1.807, 2.05) is 36.4 Å². The minimum absolute atomic E-state index is 0.0904. The van der Waals surface area contributed by atoms with E-state index in [1.54, 1.807) is 11.1 Å². The topological polar surface area (TPSA) is 43.6 Å². The maximum Gasteiger partial charge on any atom is 0.164 e. The molecule has 0 N–H and O–H groups in total. The van der Waals surface area contributed by atoms with Gasteiger partial charge < -0.3 is 4.57 Å². The first kappa shape index (κ1) is 39.5. The van der Waals surface area contributed by atoms with E-state index in [9.17, 15) is 0 Å². The number of nitrogens with zero attached hydrogens (tertiary/aromatic N) is 4. The number of rotatable bonds is 7. The summed E-state index contributed by atoms with van der Waals surface area (Å²) in [6, 6.07) is 71.0. The fraction of sp³-hybridized carbons (Fsp3) is 0.172. The highest BCUT2D eigenvalue weighted by molar-refractivity contribution is 6.13. The van der Waals surface area contributed by atoms with E-state index < -0.39 is 0 Å². The average Bonchev–Trinajstić information content (AvgIpc) is 3.82. The van der Waals surface area contributed by atoms with E-state index in [4.69, 9.17) is 15.0 Å². The highest BCUT2D eigenvalue weighted by Crippen LogP contribution is 2.84. The first-order chi connectivity index (χ1) is 33.2. The third-order valence-corrected chi connectivity index (χ3v) is 17.2. The van der Waals surface area contributed by atoms with Crippen molar-refractivity contribution in [1.29, 1.82) is 0 Å². The molecule has 4 heteroatoms. The molecule has 5 unspecified atom stereocenters.